The summed E-state index contributed by atoms with van der Waals surface area (Å²) in [5.74, 6) is -0.307. The van der Waals surface area contributed by atoms with Gasteiger partial charge in [0.15, 0.2) is 11.4 Å². The van der Waals surface area contributed by atoms with Crippen molar-refractivity contribution in [1.29, 1.82) is 0 Å². The highest BCUT2D eigenvalue weighted by Crippen LogP contribution is 2.43. The van der Waals surface area contributed by atoms with E-state index in [9.17, 15) is 39.6 Å². The first-order chi connectivity index (χ1) is 35.1. The van der Waals surface area contributed by atoms with Crippen molar-refractivity contribution in [1.82, 2.24) is 39.0 Å². The van der Waals surface area contributed by atoms with Crippen LogP contribution in [0, 0.1) is 0 Å². The number of aromatic amines is 1. The van der Waals surface area contributed by atoms with Gasteiger partial charge in [0.2, 0.25) is 6.41 Å². The zero-order chi connectivity index (χ0) is 51.5. The minimum absolute atomic E-state index is 0.0310. The zero-order valence-electron chi connectivity index (χ0n) is 41.1. The summed E-state index contributed by atoms with van der Waals surface area (Å²) >= 11 is 0. The molecule has 73 heavy (non-hydrogen) atoms. The van der Waals surface area contributed by atoms with E-state index in [0.717, 1.165) is 27.6 Å². The van der Waals surface area contributed by atoms with E-state index in [4.69, 9.17) is 19.2 Å². The largest absolute Gasteiger partial charge is 0.508 e. The molecule has 7 aromatic rings. The Bertz CT molecular complexity index is 3410. The van der Waals surface area contributed by atoms with Gasteiger partial charge in [-0.15, -0.1) is 0 Å². The molecule has 3 aromatic heterocycles. The molecule has 0 saturated carbocycles. The van der Waals surface area contributed by atoms with E-state index >= 15 is 0 Å². The summed E-state index contributed by atoms with van der Waals surface area (Å²) in [6, 6.07) is 24.0. The number of aliphatic hydroxyl groups excluding tert-OH is 1. The lowest BCUT2D eigenvalue weighted by molar-refractivity contribution is -0.262. The maximum Gasteiger partial charge on any atom is 0.415 e. The van der Waals surface area contributed by atoms with Crippen LogP contribution in [0.3, 0.4) is 0 Å². The molecule has 1 fully saturated rings. The van der Waals surface area contributed by atoms with Gasteiger partial charge >= 0.3 is 17.8 Å². The number of carbonyl (C=O) groups is 2. The Kier molecular flexibility index (Phi) is 12.9. The molecule has 0 spiro atoms. The lowest BCUT2D eigenvalue weighted by atomic mass is 9.85. The number of aliphatic hydroxyl groups is 1. The molecular formula is C54H56N8O11. The lowest BCUT2D eigenvalue weighted by Crippen LogP contribution is -2.50. The number of ether oxygens (including phenoxy) is 3. The van der Waals surface area contributed by atoms with E-state index in [2.05, 4.69) is 15.1 Å². The SMILES string of the molecule is CCc1c2c(nc3ccc(O)cc13)-c1cc3c(c(=O)n1C2)COC(=O)C3(CC)OC(O)N(C)Cc1ccc(OC(=O)N2CCN(Cc3ccc(-n4c(-c5cc(C(C)C)c(O)cc5O)n[nH]c4=O)cc3)CC2)cc1. The number of benzene rings is 4. The van der Waals surface area contributed by atoms with Crippen molar-refractivity contribution < 1.29 is 44.2 Å². The number of nitrogens with zero attached hydrogens (tertiary/aromatic N) is 7. The van der Waals surface area contributed by atoms with Gasteiger partial charge in [0.1, 0.15) is 29.6 Å². The predicted octanol–water partition coefficient (Wildman–Crippen LogP) is 6.17. The number of pyridine rings is 2. The van der Waals surface area contributed by atoms with Crippen LogP contribution in [-0.2, 0) is 52.5 Å². The van der Waals surface area contributed by atoms with Crippen LogP contribution in [0.2, 0.25) is 0 Å². The average Bonchev–Trinajstić information content (AvgIpc) is 3.95. The van der Waals surface area contributed by atoms with E-state index < -0.39 is 29.8 Å². The van der Waals surface area contributed by atoms with Crippen molar-refractivity contribution in [3.8, 4) is 51.5 Å². The molecule has 6 heterocycles. The number of nitrogens with one attached hydrogen (secondary N) is 1. The second-order valence-electron chi connectivity index (χ2n) is 19.1. The number of carbonyl (C=O) groups excluding carboxylic acids is 2. The molecule has 378 valence electrons. The Labute approximate surface area is 419 Å². The number of phenolic OH excluding ortho intramolecular Hbond substituents is 3. The van der Waals surface area contributed by atoms with Crippen LogP contribution in [0.15, 0.2) is 94.5 Å². The van der Waals surface area contributed by atoms with Gasteiger partial charge in [0, 0.05) is 61.8 Å². The summed E-state index contributed by atoms with van der Waals surface area (Å²) in [6.07, 6.45) is -1.38. The number of esters is 1. The summed E-state index contributed by atoms with van der Waals surface area (Å²) in [4.78, 5) is 64.4. The molecule has 4 aromatic carbocycles. The number of amides is 1. The Morgan fingerprint density at radius 2 is 1.62 bits per heavy atom. The van der Waals surface area contributed by atoms with Gasteiger partial charge in [0.05, 0.1) is 40.3 Å². The zero-order valence-corrected chi connectivity index (χ0v) is 41.1. The number of fused-ring (bicyclic) bond motifs is 5. The molecule has 0 radical (unpaired) electrons. The molecule has 5 N–H and O–H groups in total. The molecule has 0 bridgehead atoms. The summed E-state index contributed by atoms with van der Waals surface area (Å²) in [6.45, 7) is 10.5. The highest BCUT2D eigenvalue weighted by molar-refractivity contribution is 5.90. The fraction of sp³-hybridized carbons (Fsp3) is 0.333. The van der Waals surface area contributed by atoms with E-state index in [1.54, 1.807) is 78.0 Å². The van der Waals surface area contributed by atoms with Crippen molar-refractivity contribution in [3.05, 3.63) is 145 Å². The number of piperazine rings is 1. The Morgan fingerprint density at radius 3 is 2.32 bits per heavy atom. The van der Waals surface area contributed by atoms with Crippen LogP contribution < -0.4 is 16.0 Å². The van der Waals surface area contributed by atoms with Gasteiger partial charge in [-0.3, -0.25) is 14.6 Å². The molecule has 1 saturated heterocycles. The number of cyclic esters (lactones) is 1. The van der Waals surface area contributed by atoms with Crippen molar-refractivity contribution in [2.45, 2.75) is 84.7 Å². The first kappa shape index (κ1) is 48.8. The highest BCUT2D eigenvalue weighted by atomic mass is 16.7. The van der Waals surface area contributed by atoms with Crippen molar-refractivity contribution in [3.63, 3.8) is 0 Å². The molecular weight excluding hydrogens is 937 g/mol. The third-order valence-electron chi connectivity index (χ3n) is 14.3. The lowest BCUT2D eigenvalue weighted by Gasteiger charge is -2.39. The molecule has 10 rings (SSSR count). The number of aryl methyl sites for hydroxylation is 1. The first-order valence-corrected chi connectivity index (χ1v) is 24.3. The number of aromatic nitrogens is 5. The van der Waals surface area contributed by atoms with Crippen molar-refractivity contribution in [2.24, 2.45) is 0 Å². The van der Waals surface area contributed by atoms with Crippen molar-refractivity contribution >= 4 is 23.0 Å². The highest BCUT2D eigenvalue weighted by Gasteiger charge is 2.50. The maximum absolute atomic E-state index is 14.2. The van der Waals surface area contributed by atoms with Crippen LogP contribution >= 0.6 is 0 Å². The molecule has 19 heteroatoms. The molecule has 2 atom stereocenters. The molecule has 2 unspecified atom stereocenters. The number of hydrogen-bond acceptors (Lipinski definition) is 15. The van der Waals surface area contributed by atoms with E-state index in [1.807, 2.05) is 45.0 Å². The number of hydrogen-bond donors (Lipinski definition) is 5. The minimum Gasteiger partial charge on any atom is -0.508 e. The van der Waals surface area contributed by atoms with Crippen LogP contribution in [0.5, 0.6) is 23.0 Å². The average molecular weight is 993 g/mol. The van der Waals surface area contributed by atoms with Crippen LogP contribution in [0.4, 0.5) is 4.79 Å². The fourth-order valence-corrected chi connectivity index (χ4v) is 10.3. The number of aromatic hydroxyl groups is 3. The van der Waals surface area contributed by atoms with Gasteiger partial charge in [-0.1, -0.05) is 52.0 Å². The van der Waals surface area contributed by atoms with Crippen molar-refractivity contribution in [2.75, 3.05) is 33.2 Å². The van der Waals surface area contributed by atoms with Crippen LogP contribution in [0.1, 0.15) is 79.0 Å². The van der Waals surface area contributed by atoms with E-state index in [0.29, 0.717) is 84.2 Å². The Balaban J connectivity index is 0.748. The molecule has 19 nitrogen and oxygen atoms in total. The van der Waals surface area contributed by atoms with Crippen LogP contribution in [0.25, 0.3) is 39.4 Å². The third kappa shape index (κ3) is 8.87. The second kappa shape index (κ2) is 19.3. The van der Waals surface area contributed by atoms with Gasteiger partial charge in [-0.2, -0.15) is 5.10 Å². The number of H-pyrrole nitrogens is 1. The van der Waals surface area contributed by atoms with Crippen LogP contribution in [-0.4, -0.2) is 111 Å². The summed E-state index contributed by atoms with van der Waals surface area (Å²) in [7, 11) is 1.63. The quantitative estimate of drug-likeness (QED) is 0.0641. The monoisotopic (exact) mass is 992 g/mol. The molecule has 3 aliphatic heterocycles. The molecule has 1 amide bonds. The number of phenols is 3. The Morgan fingerprint density at radius 1 is 0.890 bits per heavy atom. The van der Waals surface area contributed by atoms with Gasteiger partial charge in [0.25, 0.3) is 5.56 Å². The smallest absolute Gasteiger partial charge is 0.415 e. The Hall–Kier alpha value is -7.84. The van der Waals surface area contributed by atoms with Gasteiger partial charge < -0.3 is 44.1 Å². The van der Waals surface area contributed by atoms with Gasteiger partial charge in [-0.25, -0.2) is 29.0 Å². The number of rotatable bonds is 13. The summed E-state index contributed by atoms with van der Waals surface area (Å²) in [5, 5.41) is 50.3. The first-order valence-electron chi connectivity index (χ1n) is 24.3. The summed E-state index contributed by atoms with van der Waals surface area (Å²) < 4.78 is 20.6. The standard InChI is InChI=1S/C54H56N8O11/c1-6-36-38-22-34(63)14-17-43(38)55-47-40(36)28-61-44(47)24-42-41(49(61)66)29-71-50(67)54(42,7-2)73-52(69)58(5)26-31-10-15-35(16-11-31)72-53(70)60-20-18-59(19-21-60)27-32-8-12-33(13-9-32)62-48(56-57-51(62)68)39-23-37(30(3)4)45(64)25-46(39)65/h8-17,22-25,30,52,63-65,69H,6-7,18-21,26-29H2,1-5H3,(H,57,68). The topological polar surface area (TPSA) is 238 Å². The molecule has 3 aliphatic rings. The van der Waals surface area contributed by atoms with E-state index in [1.165, 1.54) is 15.5 Å². The van der Waals surface area contributed by atoms with E-state index in [-0.39, 0.29) is 66.2 Å². The predicted molar refractivity (Wildman–Crippen MR) is 268 cm³/mol. The normalized spacial score (nSPS) is 16.9. The minimum atomic E-state index is -1.80. The molecule has 0 aliphatic carbocycles. The summed E-state index contributed by atoms with van der Waals surface area (Å²) in [5.41, 5.74) is 4.85. The maximum atomic E-state index is 14.2. The van der Waals surface area contributed by atoms with Gasteiger partial charge in [-0.05, 0) is 103 Å². The fourth-order valence-electron chi connectivity index (χ4n) is 10.3. The third-order valence-corrected chi connectivity index (χ3v) is 14.3. The second-order valence-corrected chi connectivity index (χ2v) is 19.1.